The van der Waals surface area contributed by atoms with E-state index < -0.39 is 18.0 Å². The van der Waals surface area contributed by atoms with Crippen molar-refractivity contribution in [1.29, 1.82) is 0 Å². The van der Waals surface area contributed by atoms with E-state index in [1.54, 1.807) is 6.20 Å². The Morgan fingerprint density at radius 2 is 2.15 bits per heavy atom. The van der Waals surface area contributed by atoms with Crippen LogP contribution in [0.15, 0.2) is 42.6 Å². The summed E-state index contributed by atoms with van der Waals surface area (Å²) < 4.78 is 7.43. The van der Waals surface area contributed by atoms with Crippen molar-refractivity contribution in [2.45, 2.75) is 19.1 Å². The molecule has 3 rings (SSSR count). The van der Waals surface area contributed by atoms with Gasteiger partial charge in [-0.2, -0.15) is 5.10 Å². The molecular formula is C15H16N2O3. The molecule has 5 heteroatoms. The Labute approximate surface area is 116 Å². The molecule has 0 amide bonds. The monoisotopic (exact) mass is 272 g/mol. The van der Waals surface area contributed by atoms with Crippen LogP contribution in [0.2, 0.25) is 0 Å². The van der Waals surface area contributed by atoms with Crippen molar-refractivity contribution in [3.63, 3.8) is 0 Å². The molecule has 2 heterocycles. The third-order valence-corrected chi connectivity index (χ3v) is 3.62. The van der Waals surface area contributed by atoms with Crippen LogP contribution in [0.3, 0.4) is 0 Å². The SMILES string of the molecule is O=C(O)[C@@H]1CCO[C@@H]1c1ccnn1Cc1ccccc1. The van der Waals surface area contributed by atoms with Crippen LogP contribution in [0.4, 0.5) is 0 Å². The van der Waals surface area contributed by atoms with Gasteiger partial charge in [-0.1, -0.05) is 30.3 Å². The molecule has 1 fully saturated rings. The van der Waals surface area contributed by atoms with E-state index >= 15 is 0 Å². The first-order valence-electron chi connectivity index (χ1n) is 6.66. The predicted molar refractivity (Wildman–Crippen MR) is 72.2 cm³/mol. The summed E-state index contributed by atoms with van der Waals surface area (Å²) >= 11 is 0. The third-order valence-electron chi connectivity index (χ3n) is 3.62. The molecule has 104 valence electrons. The maximum atomic E-state index is 11.3. The zero-order valence-electron chi connectivity index (χ0n) is 11.0. The second-order valence-electron chi connectivity index (χ2n) is 4.92. The van der Waals surface area contributed by atoms with E-state index in [2.05, 4.69) is 5.10 Å². The highest BCUT2D eigenvalue weighted by atomic mass is 16.5. The van der Waals surface area contributed by atoms with Crippen LogP contribution in [-0.4, -0.2) is 27.5 Å². The van der Waals surface area contributed by atoms with Crippen LogP contribution in [0.1, 0.15) is 23.8 Å². The molecule has 1 aliphatic rings. The zero-order valence-corrected chi connectivity index (χ0v) is 11.0. The molecule has 2 atom stereocenters. The predicted octanol–water partition coefficient (Wildman–Crippen LogP) is 2.09. The number of carboxylic acid groups (broad SMARTS) is 1. The van der Waals surface area contributed by atoms with Gasteiger partial charge in [0, 0.05) is 12.8 Å². The molecule has 0 saturated carbocycles. The lowest BCUT2D eigenvalue weighted by atomic mass is 9.99. The first-order valence-corrected chi connectivity index (χ1v) is 6.66. The minimum atomic E-state index is -0.806. The van der Waals surface area contributed by atoms with Crippen molar-refractivity contribution < 1.29 is 14.6 Å². The summed E-state index contributed by atoms with van der Waals surface area (Å²) in [5, 5.41) is 13.5. The van der Waals surface area contributed by atoms with E-state index in [4.69, 9.17) is 4.74 Å². The molecule has 0 radical (unpaired) electrons. The van der Waals surface area contributed by atoms with E-state index in [-0.39, 0.29) is 0 Å². The maximum absolute atomic E-state index is 11.3. The molecule has 2 aromatic rings. The fraction of sp³-hybridized carbons (Fsp3) is 0.333. The molecule has 5 nitrogen and oxygen atoms in total. The van der Waals surface area contributed by atoms with Gasteiger partial charge < -0.3 is 9.84 Å². The number of benzene rings is 1. The van der Waals surface area contributed by atoms with Crippen LogP contribution in [0.5, 0.6) is 0 Å². The summed E-state index contributed by atoms with van der Waals surface area (Å²) in [7, 11) is 0. The van der Waals surface area contributed by atoms with Crippen LogP contribution in [-0.2, 0) is 16.1 Å². The number of aromatic nitrogens is 2. The molecule has 0 bridgehead atoms. The third kappa shape index (κ3) is 2.44. The van der Waals surface area contributed by atoms with Crippen molar-refractivity contribution in [3.05, 3.63) is 53.9 Å². The van der Waals surface area contributed by atoms with Crippen LogP contribution >= 0.6 is 0 Å². The minimum Gasteiger partial charge on any atom is -0.481 e. The highest BCUT2D eigenvalue weighted by Gasteiger charge is 2.37. The number of rotatable bonds is 4. The minimum absolute atomic E-state index is 0.404. The first kappa shape index (κ1) is 12.9. The molecule has 0 unspecified atom stereocenters. The van der Waals surface area contributed by atoms with Crippen molar-refractivity contribution in [2.75, 3.05) is 6.61 Å². The molecule has 1 N–H and O–H groups in total. The second kappa shape index (κ2) is 5.46. The van der Waals surface area contributed by atoms with E-state index in [1.807, 2.05) is 41.1 Å². The van der Waals surface area contributed by atoms with Gasteiger partial charge in [0.25, 0.3) is 0 Å². The van der Waals surface area contributed by atoms with Gasteiger partial charge in [-0.15, -0.1) is 0 Å². The van der Waals surface area contributed by atoms with E-state index in [9.17, 15) is 9.90 Å². The number of aliphatic carboxylic acids is 1. The smallest absolute Gasteiger partial charge is 0.309 e. The number of carbonyl (C=O) groups is 1. The van der Waals surface area contributed by atoms with Gasteiger partial charge >= 0.3 is 5.97 Å². The summed E-state index contributed by atoms with van der Waals surface area (Å²) in [6.45, 7) is 1.10. The summed E-state index contributed by atoms with van der Waals surface area (Å²) in [6, 6.07) is 11.8. The van der Waals surface area contributed by atoms with E-state index in [0.717, 1.165) is 11.3 Å². The van der Waals surface area contributed by atoms with Crippen LogP contribution in [0.25, 0.3) is 0 Å². The molecule has 1 aromatic carbocycles. The second-order valence-corrected chi connectivity index (χ2v) is 4.92. The van der Waals surface area contributed by atoms with Gasteiger partial charge in [-0.25, -0.2) is 0 Å². The lowest BCUT2D eigenvalue weighted by molar-refractivity contribution is -0.143. The Bertz CT molecular complexity index is 594. The fourth-order valence-corrected chi connectivity index (χ4v) is 2.61. The van der Waals surface area contributed by atoms with Gasteiger partial charge in [-0.05, 0) is 18.1 Å². The molecule has 0 aliphatic carbocycles. The Morgan fingerprint density at radius 1 is 1.35 bits per heavy atom. The van der Waals surface area contributed by atoms with Gasteiger partial charge in [0.05, 0.1) is 18.2 Å². The van der Waals surface area contributed by atoms with Crippen LogP contribution < -0.4 is 0 Å². The van der Waals surface area contributed by atoms with Gasteiger partial charge in [0.15, 0.2) is 0 Å². The highest BCUT2D eigenvalue weighted by molar-refractivity contribution is 5.71. The quantitative estimate of drug-likeness (QED) is 0.925. The van der Waals surface area contributed by atoms with Gasteiger partial charge in [-0.3, -0.25) is 9.48 Å². The molecule has 0 spiro atoms. The summed E-state index contributed by atoms with van der Waals surface area (Å²) in [5.41, 5.74) is 1.96. The number of ether oxygens (including phenoxy) is 1. The standard InChI is InChI=1S/C15H16N2O3/c18-15(19)12-7-9-20-14(12)13-6-8-16-17(13)10-11-4-2-1-3-5-11/h1-6,8,12,14H,7,9-10H2,(H,18,19)/t12-,14+/m1/s1. The van der Waals surface area contributed by atoms with E-state index in [0.29, 0.717) is 19.6 Å². The molecule has 1 aromatic heterocycles. The van der Waals surface area contributed by atoms with Crippen molar-refractivity contribution in [1.82, 2.24) is 9.78 Å². The van der Waals surface area contributed by atoms with Gasteiger partial charge in [0.1, 0.15) is 6.10 Å². The summed E-state index contributed by atoms with van der Waals surface area (Å²) in [6.07, 6.45) is 1.84. The average molecular weight is 272 g/mol. The number of carboxylic acids is 1. The Kier molecular flexibility index (Phi) is 3.52. The molecule has 1 aliphatic heterocycles. The summed E-state index contributed by atoms with van der Waals surface area (Å²) in [5.74, 6) is -1.29. The Hall–Kier alpha value is -2.14. The Morgan fingerprint density at radius 3 is 2.90 bits per heavy atom. The van der Waals surface area contributed by atoms with Crippen LogP contribution in [0, 0.1) is 5.92 Å². The van der Waals surface area contributed by atoms with Crippen molar-refractivity contribution in [3.8, 4) is 0 Å². The topological polar surface area (TPSA) is 64.3 Å². The average Bonchev–Trinajstić information content (AvgIpc) is 3.07. The lowest BCUT2D eigenvalue weighted by Crippen LogP contribution is -2.20. The van der Waals surface area contributed by atoms with E-state index in [1.165, 1.54) is 0 Å². The fourth-order valence-electron chi connectivity index (χ4n) is 2.61. The Balaban J connectivity index is 1.85. The number of hydrogen-bond acceptors (Lipinski definition) is 3. The molecule has 20 heavy (non-hydrogen) atoms. The highest BCUT2D eigenvalue weighted by Crippen LogP contribution is 2.34. The zero-order chi connectivity index (χ0) is 13.9. The summed E-state index contributed by atoms with van der Waals surface area (Å²) in [4.78, 5) is 11.3. The van der Waals surface area contributed by atoms with Gasteiger partial charge in [0.2, 0.25) is 0 Å². The lowest BCUT2D eigenvalue weighted by Gasteiger charge is -2.17. The molecule has 1 saturated heterocycles. The number of hydrogen-bond donors (Lipinski definition) is 1. The maximum Gasteiger partial charge on any atom is 0.309 e. The molecular weight excluding hydrogens is 256 g/mol. The number of nitrogens with zero attached hydrogens (tertiary/aromatic N) is 2. The van der Waals surface area contributed by atoms with Crippen molar-refractivity contribution in [2.24, 2.45) is 5.92 Å². The van der Waals surface area contributed by atoms with Crippen molar-refractivity contribution >= 4 is 5.97 Å². The normalized spacial score (nSPS) is 22.0. The largest absolute Gasteiger partial charge is 0.481 e. The first-order chi connectivity index (χ1) is 9.75.